The molecule has 1 nitrogen and oxygen atoms in total. The van der Waals surface area contributed by atoms with Crippen molar-refractivity contribution in [3.8, 4) is 0 Å². The van der Waals surface area contributed by atoms with Crippen molar-refractivity contribution in [1.29, 1.82) is 0 Å². The first-order chi connectivity index (χ1) is 8.69. The summed E-state index contributed by atoms with van der Waals surface area (Å²) >= 11 is 1.73. The first-order valence-electron chi connectivity index (χ1n) is 6.78. The summed E-state index contributed by atoms with van der Waals surface area (Å²) in [4.78, 5) is 0.814. The second-order valence-corrected chi connectivity index (χ2v) is 6.65. The van der Waals surface area contributed by atoms with Crippen molar-refractivity contribution in [2.45, 2.75) is 49.3 Å². The summed E-state index contributed by atoms with van der Waals surface area (Å²) in [7, 11) is 1.88. The molecule has 1 saturated carbocycles. The Morgan fingerprint density at radius 1 is 1.39 bits per heavy atom. The Morgan fingerprint density at radius 3 is 2.89 bits per heavy atom. The molecular weight excluding hydrogens is 245 g/mol. The van der Waals surface area contributed by atoms with Gasteiger partial charge in [0.05, 0.1) is 0 Å². The number of nitrogens with one attached hydrogen (secondary N) is 1. The van der Waals surface area contributed by atoms with Crippen molar-refractivity contribution in [2.24, 2.45) is 5.92 Å². The third kappa shape index (κ3) is 3.72. The Kier molecular flexibility index (Phi) is 5.07. The van der Waals surface area contributed by atoms with Crippen LogP contribution >= 0.6 is 11.8 Å². The summed E-state index contributed by atoms with van der Waals surface area (Å²) < 4.78 is 14.0. The van der Waals surface area contributed by atoms with Gasteiger partial charge in [-0.25, -0.2) is 4.39 Å². The molecular formula is C15H22FNS. The minimum Gasteiger partial charge on any atom is -0.316 e. The molecule has 2 atom stereocenters. The molecule has 2 rings (SSSR count). The summed E-state index contributed by atoms with van der Waals surface area (Å²) in [6, 6.07) is 5.62. The Bertz CT molecular complexity index is 394. The Labute approximate surface area is 114 Å². The van der Waals surface area contributed by atoms with E-state index in [4.69, 9.17) is 0 Å². The lowest BCUT2D eigenvalue weighted by Gasteiger charge is -2.26. The molecule has 0 aromatic heterocycles. The molecule has 0 spiro atoms. The second-order valence-electron chi connectivity index (χ2n) is 5.31. The van der Waals surface area contributed by atoms with E-state index >= 15 is 0 Å². The summed E-state index contributed by atoms with van der Waals surface area (Å²) in [5, 5.41) is 3.64. The maximum Gasteiger partial charge on any atom is 0.137 e. The summed E-state index contributed by atoms with van der Waals surface area (Å²) in [6.45, 7) is 3.03. The highest BCUT2D eigenvalue weighted by Crippen LogP contribution is 2.37. The quantitative estimate of drug-likeness (QED) is 0.876. The third-order valence-corrected chi connectivity index (χ3v) is 4.91. The van der Waals surface area contributed by atoms with Crippen LogP contribution in [0.2, 0.25) is 0 Å². The molecule has 2 unspecified atom stereocenters. The number of rotatable bonds is 4. The van der Waals surface area contributed by atoms with Gasteiger partial charge in [-0.15, -0.1) is 11.8 Å². The average Bonchev–Trinajstić information content (AvgIpc) is 2.33. The fourth-order valence-corrected chi connectivity index (χ4v) is 4.01. The number of thioether (sulfide) groups is 1. The molecule has 1 aliphatic rings. The van der Waals surface area contributed by atoms with Crippen molar-refractivity contribution < 1.29 is 4.39 Å². The van der Waals surface area contributed by atoms with E-state index in [0.717, 1.165) is 22.9 Å². The number of hydrogen-bond acceptors (Lipinski definition) is 2. The van der Waals surface area contributed by atoms with Gasteiger partial charge in [-0.1, -0.05) is 25.8 Å². The van der Waals surface area contributed by atoms with Crippen LogP contribution in [0.15, 0.2) is 23.1 Å². The standard InChI is InChI=1S/C15H22FNS/c1-11-4-3-5-13(8-11)18-15-7-6-12(10-17-2)9-14(15)16/h6-7,9,11,13,17H,3-5,8,10H2,1-2H3. The van der Waals surface area contributed by atoms with E-state index in [0.29, 0.717) is 5.25 Å². The van der Waals surface area contributed by atoms with Gasteiger partial charge in [0, 0.05) is 16.7 Å². The molecule has 1 aliphatic carbocycles. The number of halogens is 1. The van der Waals surface area contributed by atoms with Crippen LogP contribution in [0.1, 0.15) is 38.2 Å². The lowest BCUT2D eigenvalue weighted by Crippen LogP contribution is -2.15. The summed E-state index contributed by atoms with van der Waals surface area (Å²) in [5.41, 5.74) is 1.01. The first-order valence-corrected chi connectivity index (χ1v) is 7.66. The van der Waals surface area contributed by atoms with E-state index in [1.807, 2.05) is 19.2 Å². The summed E-state index contributed by atoms with van der Waals surface area (Å²) in [5.74, 6) is 0.730. The third-order valence-electron chi connectivity index (χ3n) is 3.56. The molecule has 1 N–H and O–H groups in total. The minimum absolute atomic E-state index is 0.0639. The molecule has 0 heterocycles. The SMILES string of the molecule is CNCc1ccc(SC2CCCC(C)C2)c(F)c1. The highest BCUT2D eigenvalue weighted by molar-refractivity contribution is 8.00. The van der Waals surface area contributed by atoms with Gasteiger partial charge in [0.1, 0.15) is 5.82 Å². The van der Waals surface area contributed by atoms with Crippen LogP contribution < -0.4 is 5.32 Å². The maximum absolute atomic E-state index is 14.0. The van der Waals surface area contributed by atoms with Gasteiger partial charge in [0.2, 0.25) is 0 Å². The fraction of sp³-hybridized carbons (Fsp3) is 0.600. The zero-order valence-corrected chi connectivity index (χ0v) is 12.0. The first kappa shape index (κ1) is 13.9. The molecule has 0 radical (unpaired) electrons. The van der Waals surface area contributed by atoms with Crippen molar-refractivity contribution in [2.75, 3.05) is 7.05 Å². The predicted octanol–water partition coefficient (Wildman–Crippen LogP) is 4.22. The lowest BCUT2D eigenvalue weighted by atomic mass is 9.91. The van der Waals surface area contributed by atoms with Crippen molar-refractivity contribution in [1.82, 2.24) is 5.32 Å². The zero-order valence-electron chi connectivity index (χ0n) is 11.2. The van der Waals surface area contributed by atoms with Crippen molar-refractivity contribution >= 4 is 11.8 Å². The molecule has 0 amide bonds. The second kappa shape index (κ2) is 6.58. The highest BCUT2D eigenvalue weighted by Gasteiger charge is 2.20. The minimum atomic E-state index is -0.0639. The molecule has 1 aromatic rings. The van der Waals surface area contributed by atoms with Crippen LogP contribution in [0.25, 0.3) is 0 Å². The largest absolute Gasteiger partial charge is 0.316 e. The van der Waals surface area contributed by atoms with E-state index in [1.165, 1.54) is 25.7 Å². The summed E-state index contributed by atoms with van der Waals surface area (Å²) in [6.07, 6.45) is 5.08. The Morgan fingerprint density at radius 2 is 2.22 bits per heavy atom. The van der Waals surface area contributed by atoms with E-state index < -0.39 is 0 Å². The van der Waals surface area contributed by atoms with Crippen LogP contribution in [-0.2, 0) is 6.54 Å². The lowest BCUT2D eigenvalue weighted by molar-refractivity contribution is 0.394. The normalized spacial score (nSPS) is 24.2. The van der Waals surface area contributed by atoms with Gasteiger partial charge in [-0.2, -0.15) is 0 Å². The molecule has 3 heteroatoms. The molecule has 1 aromatic carbocycles. The van der Waals surface area contributed by atoms with E-state index in [9.17, 15) is 4.39 Å². The molecule has 100 valence electrons. The van der Waals surface area contributed by atoms with Gasteiger partial charge in [-0.05, 0) is 43.5 Å². The molecule has 0 saturated heterocycles. The topological polar surface area (TPSA) is 12.0 Å². The van der Waals surface area contributed by atoms with Gasteiger partial charge >= 0.3 is 0 Å². The average molecular weight is 267 g/mol. The van der Waals surface area contributed by atoms with Crippen molar-refractivity contribution in [3.05, 3.63) is 29.6 Å². The smallest absolute Gasteiger partial charge is 0.137 e. The Hall–Kier alpha value is -0.540. The predicted molar refractivity (Wildman–Crippen MR) is 76.4 cm³/mol. The van der Waals surface area contributed by atoms with Crippen LogP contribution in [0.5, 0.6) is 0 Å². The van der Waals surface area contributed by atoms with Gasteiger partial charge in [0.25, 0.3) is 0 Å². The highest BCUT2D eigenvalue weighted by atomic mass is 32.2. The number of benzene rings is 1. The van der Waals surface area contributed by atoms with E-state index in [1.54, 1.807) is 17.8 Å². The fourth-order valence-electron chi connectivity index (χ4n) is 2.62. The van der Waals surface area contributed by atoms with Crippen LogP contribution in [-0.4, -0.2) is 12.3 Å². The number of hydrogen-bond donors (Lipinski definition) is 1. The van der Waals surface area contributed by atoms with E-state index in [2.05, 4.69) is 12.2 Å². The Balaban J connectivity index is 2.00. The van der Waals surface area contributed by atoms with Gasteiger partial charge in [0.15, 0.2) is 0 Å². The molecule has 0 aliphatic heterocycles. The maximum atomic E-state index is 14.0. The van der Waals surface area contributed by atoms with Gasteiger partial charge < -0.3 is 5.32 Å². The zero-order chi connectivity index (χ0) is 13.0. The van der Waals surface area contributed by atoms with Crippen molar-refractivity contribution in [3.63, 3.8) is 0 Å². The molecule has 1 fully saturated rings. The van der Waals surface area contributed by atoms with E-state index in [-0.39, 0.29) is 5.82 Å². The monoisotopic (exact) mass is 267 g/mol. The van der Waals surface area contributed by atoms with Crippen LogP contribution in [0.4, 0.5) is 4.39 Å². The van der Waals surface area contributed by atoms with Gasteiger partial charge in [-0.3, -0.25) is 0 Å². The molecule has 0 bridgehead atoms. The van der Waals surface area contributed by atoms with Crippen LogP contribution in [0.3, 0.4) is 0 Å². The molecule has 18 heavy (non-hydrogen) atoms. The van der Waals surface area contributed by atoms with Crippen LogP contribution in [0, 0.1) is 11.7 Å².